The van der Waals surface area contributed by atoms with Crippen LogP contribution in [0.5, 0.6) is 0 Å². The molecule has 158 valence electrons. The molecule has 2 amide bonds. The van der Waals surface area contributed by atoms with Gasteiger partial charge in [-0.25, -0.2) is 14.7 Å². The lowest BCUT2D eigenvalue weighted by atomic mass is 9.84. The number of hydrogen-bond acceptors (Lipinski definition) is 7. The minimum Gasteiger partial charge on any atom is -0.443 e. The van der Waals surface area contributed by atoms with E-state index in [9.17, 15) is 9.59 Å². The number of piperazine rings is 1. The van der Waals surface area contributed by atoms with Crippen molar-refractivity contribution in [2.45, 2.75) is 65.3 Å². The van der Waals surface area contributed by atoms with Crippen LogP contribution in [-0.2, 0) is 18.8 Å². The molecular weight excluding hydrogens is 373 g/mol. The lowest BCUT2D eigenvalue weighted by Crippen LogP contribution is -2.54. The van der Waals surface area contributed by atoms with E-state index >= 15 is 0 Å². The number of anilines is 1. The van der Waals surface area contributed by atoms with Crippen molar-refractivity contribution in [3.8, 4) is 0 Å². The van der Waals surface area contributed by atoms with Crippen molar-refractivity contribution < 1.29 is 23.6 Å². The van der Waals surface area contributed by atoms with Gasteiger partial charge in [0.25, 0.3) is 5.91 Å². The molecule has 9 heteroatoms. The maximum absolute atomic E-state index is 12.5. The Balaban J connectivity index is 1.70. The van der Waals surface area contributed by atoms with E-state index in [0.717, 1.165) is 4.90 Å². The molecule has 0 N–H and O–H groups in total. The van der Waals surface area contributed by atoms with Gasteiger partial charge in [0.15, 0.2) is 0 Å². The molecular formula is C20H30BN3O5. The van der Waals surface area contributed by atoms with Gasteiger partial charge in [0, 0.05) is 13.1 Å². The van der Waals surface area contributed by atoms with Gasteiger partial charge in [0.05, 0.1) is 23.3 Å². The minimum atomic E-state index is -0.646. The summed E-state index contributed by atoms with van der Waals surface area (Å²) in [7, 11) is -0.571. The highest BCUT2D eigenvalue weighted by Gasteiger charge is 2.52. The van der Waals surface area contributed by atoms with E-state index < -0.39 is 30.0 Å². The second kappa shape index (κ2) is 7.29. The third kappa shape index (κ3) is 4.56. The first-order valence-corrected chi connectivity index (χ1v) is 9.90. The summed E-state index contributed by atoms with van der Waals surface area (Å²) in [6.07, 6.45) is -0.610. The minimum absolute atomic E-state index is 0.0546. The molecule has 0 aromatic carbocycles. The fourth-order valence-electron chi connectivity index (χ4n) is 3.09. The molecule has 0 spiro atoms. The average molecular weight is 403 g/mol. The number of carbonyl (C=O) groups excluding carboxylic acids is 2. The Morgan fingerprint density at radius 2 is 1.76 bits per heavy atom. The first-order valence-electron chi connectivity index (χ1n) is 9.90. The number of pyridine rings is 1. The van der Waals surface area contributed by atoms with Crippen molar-refractivity contribution in [1.82, 2.24) is 9.88 Å². The van der Waals surface area contributed by atoms with Crippen LogP contribution in [0.25, 0.3) is 0 Å². The van der Waals surface area contributed by atoms with Crippen LogP contribution in [0.1, 0.15) is 48.5 Å². The zero-order chi connectivity index (χ0) is 21.6. The molecule has 3 rings (SSSR count). The van der Waals surface area contributed by atoms with E-state index in [2.05, 4.69) is 4.98 Å². The quantitative estimate of drug-likeness (QED) is 0.699. The van der Waals surface area contributed by atoms with Crippen molar-refractivity contribution in [2.75, 3.05) is 24.5 Å². The highest BCUT2D eigenvalue weighted by atomic mass is 16.7. The summed E-state index contributed by atoms with van der Waals surface area (Å²) >= 11 is 0. The van der Waals surface area contributed by atoms with Crippen LogP contribution in [-0.4, -0.2) is 65.4 Å². The van der Waals surface area contributed by atoms with Crippen LogP contribution >= 0.6 is 0 Å². The molecule has 0 bridgehead atoms. The summed E-state index contributed by atoms with van der Waals surface area (Å²) < 4.78 is 17.5. The Morgan fingerprint density at radius 3 is 2.31 bits per heavy atom. The number of amides is 2. The molecule has 0 saturated carbocycles. The summed E-state index contributed by atoms with van der Waals surface area (Å²) in [5.41, 5.74) is -0.898. The maximum Gasteiger partial charge on any atom is 0.514 e. The molecule has 0 aliphatic carbocycles. The van der Waals surface area contributed by atoms with E-state index in [4.69, 9.17) is 14.0 Å². The monoisotopic (exact) mass is 403 g/mol. The number of ether oxygens (including phenoxy) is 1. The molecule has 2 aliphatic rings. The number of nitrogens with zero attached hydrogens (tertiary/aromatic N) is 3. The normalized spacial score (nSPS) is 21.5. The second-order valence-corrected chi connectivity index (χ2v) is 9.46. The lowest BCUT2D eigenvalue weighted by molar-refractivity contribution is -0.130. The number of rotatable bonds is 2. The molecule has 0 unspecified atom stereocenters. The molecule has 2 fully saturated rings. The van der Waals surface area contributed by atoms with Crippen molar-refractivity contribution >= 4 is 30.5 Å². The SMILES string of the molecule is CC(C)(C)OC(=O)N1CCN(c2cccc(B3OC(C)(C)C(C)(C)O3)n2)CC1=O. The molecule has 2 aliphatic heterocycles. The summed E-state index contributed by atoms with van der Waals surface area (Å²) in [4.78, 5) is 32.4. The molecule has 3 heterocycles. The van der Waals surface area contributed by atoms with Gasteiger partial charge in [-0.05, 0) is 60.6 Å². The topological polar surface area (TPSA) is 81.2 Å². The third-order valence-corrected chi connectivity index (χ3v) is 5.41. The summed E-state index contributed by atoms with van der Waals surface area (Å²) in [5.74, 6) is 0.336. The van der Waals surface area contributed by atoms with Crippen LogP contribution in [0.3, 0.4) is 0 Å². The summed E-state index contributed by atoms with van der Waals surface area (Å²) in [5, 5.41) is 0. The fraction of sp³-hybridized carbons (Fsp3) is 0.650. The second-order valence-electron chi connectivity index (χ2n) is 9.46. The molecule has 0 atom stereocenters. The molecule has 29 heavy (non-hydrogen) atoms. The lowest BCUT2D eigenvalue weighted by Gasteiger charge is -2.34. The van der Waals surface area contributed by atoms with Gasteiger partial charge < -0.3 is 18.9 Å². The first kappa shape index (κ1) is 21.6. The van der Waals surface area contributed by atoms with Crippen molar-refractivity contribution in [2.24, 2.45) is 0 Å². The molecule has 2 saturated heterocycles. The average Bonchev–Trinajstić information content (AvgIpc) is 2.81. The Morgan fingerprint density at radius 1 is 1.14 bits per heavy atom. The van der Waals surface area contributed by atoms with Crippen LogP contribution in [0, 0.1) is 0 Å². The van der Waals surface area contributed by atoms with E-state index in [0.29, 0.717) is 18.0 Å². The van der Waals surface area contributed by atoms with Crippen molar-refractivity contribution in [3.63, 3.8) is 0 Å². The number of carbonyl (C=O) groups is 2. The van der Waals surface area contributed by atoms with Crippen molar-refractivity contribution in [1.29, 1.82) is 0 Å². The Bertz CT molecular complexity index is 790. The van der Waals surface area contributed by atoms with Gasteiger partial charge in [0.2, 0.25) is 0 Å². The Hall–Kier alpha value is -2.13. The van der Waals surface area contributed by atoms with Gasteiger partial charge in [-0.15, -0.1) is 0 Å². The van der Waals surface area contributed by atoms with Crippen LogP contribution < -0.4 is 10.5 Å². The zero-order valence-electron chi connectivity index (χ0n) is 18.3. The zero-order valence-corrected chi connectivity index (χ0v) is 18.3. The van der Waals surface area contributed by atoms with E-state index in [1.807, 2.05) is 50.8 Å². The largest absolute Gasteiger partial charge is 0.514 e. The summed E-state index contributed by atoms with van der Waals surface area (Å²) in [6, 6.07) is 5.56. The number of imide groups is 1. The van der Waals surface area contributed by atoms with Crippen LogP contribution in [0.4, 0.5) is 10.6 Å². The van der Waals surface area contributed by atoms with E-state index in [1.54, 1.807) is 20.8 Å². The van der Waals surface area contributed by atoms with Gasteiger partial charge in [-0.3, -0.25) is 4.79 Å². The molecule has 0 radical (unpaired) electrons. The van der Waals surface area contributed by atoms with Gasteiger partial charge >= 0.3 is 13.2 Å². The van der Waals surface area contributed by atoms with E-state index in [1.165, 1.54) is 0 Å². The predicted molar refractivity (Wildman–Crippen MR) is 110 cm³/mol. The van der Waals surface area contributed by atoms with Gasteiger partial charge in [-0.2, -0.15) is 0 Å². The van der Waals surface area contributed by atoms with Crippen LogP contribution in [0.2, 0.25) is 0 Å². The molecule has 8 nitrogen and oxygen atoms in total. The fourth-order valence-corrected chi connectivity index (χ4v) is 3.09. The van der Waals surface area contributed by atoms with Gasteiger partial charge in [0.1, 0.15) is 11.4 Å². The first-order chi connectivity index (χ1) is 13.3. The van der Waals surface area contributed by atoms with E-state index in [-0.39, 0.29) is 19.0 Å². The molecule has 1 aromatic heterocycles. The number of aromatic nitrogens is 1. The maximum atomic E-state index is 12.5. The van der Waals surface area contributed by atoms with Crippen molar-refractivity contribution in [3.05, 3.63) is 18.2 Å². The summed E-state index contributed by atoms with van der Waals surface area (Å²) in [6.45, 7) is 14.1. The Kier molecular flexibility index (Phi) is 5.42. The molecule has 1 aromatic rings. The highest BCUT2D eigenvalue weighted by molar-refractivity contribution is 6.61. The third-order valence-electron chi connectivity index (χ3n) is 5.41. The standard InChI is InChI=1S/C20H30BN3O5/c1-18(2,3)27-17(26)24-12-11-23(13-16(24)25)15-10-8-9-14(22-15)21-28-19(4,5)20(6,7)29-21/h8-10H,11-13H2,1-7H3. The smallest absolute Gasteiger partial charge is 0.443 e. The number of hydrogen-bond donors (Lipinski definition) is 0. The highest BCUT2D eigenvalue weighted by Crippen LogP contribution is 2.36. The van der Waals surface area contributed by atoms with Crippen LogP contribution in [0.15, 0.2) is 18.2 Å². The van der Waals surface area contributed by atoms with Gasteiger partial charge in [-0.1, -0.05) is 6.07 Å². The predicted octanol–water partition coefficient (Wildman–Crippen LogP) is 1.96. The Labute approximate surface area is 172 Å².